The summed E-state index contributed by atoms with van der Waals surface area (Å²) in [5, 5.41) is 5.91. The van der Waals surface area contributed by atoms with Crippen LogP contribution in [0.4, 0.5) is 0 Å². The molecule has 0 bridgehead atoms. The van der Waals surface area contributed by atoms with Crippen molar-refractivity contribution in [3.05, 3.63) is 69.8 Å². The highest BCUT2D eigenvalue weighted by Gasteiger charge is 2.11. The van der Waals surface area contributed by atoms with Crippen LogP contribution in [-0.4, -0.2) is 22.4 Å². The summed E-state index contributed by atoms with van der Waals surface area (Å²) in [4.78, 5) is 20.5. The third kappa shape index (κ3) is 4.15. The molecular formula is C17H14ClN3OS. The van der Waals surface area contributed by atoms with Crippen molar-refractivity contribution in [2.45, 2.75) is 6.42 Å². The maximum atomic E-state index is 12.1. The van der Waals surface area contributed by atoms with Crippen molar-refractivity contribution >= 4 is 28.8 Å². The number of pyridine rings is 1. The molecule has 1 amide bonds. The van der Waals surface area contributed by atoms with Gasteiger partial charge in [-0.3, -0.25) is 9.78 Å². The Morgan fingerprint density at radius 3 is 2.61 bits per heavy atom. The molecule has 0 spiro atoms. The van der Waals surface area contributed by atoms with E-state index in [-0.39, 0.29) is 5.91 Å². The van der Waals surface area contributed by atoms with E-state index in [9.17, 15) is 4.79 Å². The summed E-state index contributed by atoms with van der Waals surface area (Å²) in [6.45, 7) is 0.568. The van der Waals surface area contributed by atoms with Crippen LogP contribution in [0, 0.1) is 0 Å². The van der Waals surface area contributed by atoms with E-state index in [1.807, 2.05) is 41.8 Å². The normalized spacial score (nSPS) is 10.5. The monoisotopic (exact) mass is 343 g/mol. The van der Waals surface area contributed by atoms with Gasteiger partial charge in [0.15, 0.2) is 5.01 Å². The molecule has 3 rings (SSSR count). The lowest BCUT2D eigenvalue weighted by Gasteiger charge is -2.03. The van der Waals surface area contributed by atoms with Gasteiger partial charge in [-0.2, -0.15) is 0 Å². The van der Waals surface area contributed by atoms with Crippen LogP contribution < -0.4 is 5.32 Å². The number of aromatic nitrogens is 2. The smallest absolute Gasteiger partial charge is 0.280 e. The number of benzene rings is 1. The van der Waals surface area contributed by atoms with E-state index in [2.05, 4.69) is 15.3 Å². The number of carbonyl (C=O) groups excluding carboxylic acids is 1. The first-order valence-electron chi connectivity index (χ1n) is 7.11. The van der Waals surface area contributed by atoms with Gasteiger partial charge in [0.25, 0.3) is 5.91 Å². The number of halogens is 1. The molecule has 2 aromatic heterocycles. The van der Waals surface area contributed by atoms with Gasteiger partial charge in [-0.05, 0) is 36.2 Å². The maximum Gasteiger partial charge on any atom is 0.280 e. The molecule has 0 saturated heterocycles. The summed E-state index contributed by atoms with van der Waals surface area (Å²) in [5.74, 6) is -0.149. The number of amides is 1. The number of rotatable bonds is 5. The van der Waals surface area contributed by atoms with E-state index in [1.54, 1.807) is 12.4 Å². The average molecular weight is 344 g/mol. The highest BCUT2D eigenvalue weighted by Crippen LogP contribution is 2.23. The minimum atomic E-state index is -0.149. The van der Waals surface area contributed by atoms with Gasteiger partial charge in [0, 0.05) is 34.9 Å². The van der Waals surface area contributed by atoms with Crippen molar-refractivity contribution in [1.29, 1.82) is 0 Å². The molecule has 2 heterocycles. The van der Waals surface area contributed by atoms with Crippen molar-refractivity contribution in [3.8, 4) is 11.3 Å². The predicted octanol–water partition coefficient (Wildman–Crippen LogP) is 3.83. The predicted molar refractivity (Wildman–Crippen MR) is 92.8 cm³/mol. The Bertz CT molecular complexity index is 787. The number of hydrogen-bond acceptors (Lipinski definition) is 4. The van der Waals surface area contributed by atoms with E-state index < -0.39 is 0 Å². The molecule has 0 aliphatic heterocycles. The first kappa shape index (κ1) is 15.6. The fourth-order valence-corrected chi connectivity index (χ4v) is 2.94. The molecule has 1 N–H and O–H groups in total. The first-order valence-corrected chi connectivity index (χ1v) is 8.37. The van der Waals surface area contributed by atoms with Gasteiger partial charge in [0.2, 0.25) is 0 Å². The van der Waals surface area contributed by atoms with Crippen LogP contribution in [0.2, 0.25) is 5.02 Å². The molecule has 0 atom stereocenters. The Morgan fingerprint density at radius 2 is 1.87 bits per heavy atom. The van der Waals surface area contributed by atoms with Gasteiger partial charge < -0.3 is 5.32 Å². The van der Waals surface area contributed by atoms with E-state index in [4.69, 9.17) is 11.6 Å². The Labute approximate surface area is 143 Å². The van der Waals surface area contributed by atoms with E-state index in [1.165, 1.54) is 11.3 Å². The summed E-state index contributed by atoms with van der Waals surface area (Å²) in [7, 11) is 0. The Morgan fingerprint density at radius 1 is 1.13 bits per heavy atom. The molecule has 23 heavy (non-hydrogen) atoms. The van der Waals surface area contributed by atoms with Crippen LogP contribution in [0.1, 0.15) is 15.4 Å². The summed E-state index contributed by atoms with van der Waals surface area (Å²) in [5.41, 5.74) is 2.87. The Hall–Kier alpha value is -2.24. The largest absolute Gasteiger partial charge is 0.350 e. The number of hydrogen-bond donors (Lipinski definition) is 1. The van der Waals surface area contributed by atoms with Crippen molar-refractivity contribution in [1.82, 2.24) is 15.3 Å². The van der Waals surface area contributed by atoms with Gasteiger partial charge >= 0.3 is 0 Å². The van der Waals surface area contributed by atoms with Crippen LogP contribution in [0.25, 0.3) is 11.3 Å². The molecule has 1 aromatic carbocycles. The number of nitrogens with one attached hydrogen (secondary N) is 1. The summed E-state index contributed by atoms with van der Waals surface area (Å²) < 4.78 is 0. The molecule has 4 nitrogen and oxygen atoms in total. The van der Waals surface area contributed by atoms with Crippen molar-refractivity contribution in [2.24, 2.45) is 0 Å². The van der Waals surface area contributed by atoms with Gasteiger partial charge in [0.1, 0.15) is 0 Å². The minimum absolute atomic E-state index is 0.149. The van der Waals surface area contributed by atoms with E-state index in [0.717, 1.165) is 23.2 Å². The third-order valence-corrected chi connectivity index (χ3v) is 4.38. The number of carbonyl (C=O) groups is 1. The molecule has 0 unspecified atom stereocenters. The second kappa shape index (κ2) is 7.35. The van der Waals surface area contributed by atoms with Crippen molar-refractivity contribution < 1.29 is 4.79 Å². The molecule has 116 valence electrons. The SMILES string of the molecule is O=C(NCCc1ccncc1)c1nc(-c2ccc(Cl)cc2)cs1. The highest BCUT2D eigenvalue weighted by molar-refractivity contribution is 7.12. The molecule has 0 fully saturated rings. The lowest BCUT2D eigenvalue weighted by atomic mass is 10.2. The van der Waals surface area contributed by atoms with Crippen LogP contribution in [-0.2, 0) is 6.42 Å². The van der Waals surface area contributed by atoms with E-state index in [0.29, 0.717) is 16.6 Å². The quantitative estimate of drug-likeness (QED) is 0.766. The van der Waals surface area contributed by atoms with E-state index >= 15 is 0 Å². The van der Waals surface area contributed by atoms with Crippen molar-refractivity contribution in [2.75, 3.05) is 6.54 Å². The first-order chi connectivity index (χ1) is 11.2. The molecule has 6 heteroatoms. The van der Waals surface area contributed by atoms with Crippen LogP contribution in [0.15, 0.2) is 54.2 Å². The standard InChI is InChI=1S/C17H14ClN3OS/c18-14-3-1-13(2-4-14)15-11-23-17(21-15)16(22)20-10-7-12-5-8-19-9-6-12/h1-6,8-9,11H,7,10H2,(H,20,22). The van der Waals surface area contributed by atoms with Gasteiger partial charge in [-0.15, -0.1) is 11.3 Å². The number of thiazole rings is 1. The van der Waals surface area contributed by atoms with Crippen LogP contribution >= 0.6 is 22.9 Å². The average Bonchev–Trinajstić information content (AvgIpc) is 3.06. The molecule has 0 aliphatic rings. The highest BCUT2D eigenvalue weighted by atomic mass is 35.5. The lowest BCUT2D eigenvalue weighted by molar-refractivity contribution is 0.0954. The molecular weight excluding hydrogens is 330 g/mol. The molecule has 0 radical (unpaired) electrons. The molecule has 0 saturated carbocycles. The van der Waals surface area contributed by atoms with Crippen LogP contribution in [0.3, 0.4) is 0 Å². The van der Waals surface area contributed by atoms with Gasteiger partial charge in [0.05, 0.1) is 5.69 Å². The topological polar surface area (TPSA) is 54.9 Å². The maximum absolute atomic E-state index is 12.1. The van der Waals surface area contributed by atoms with Crippen molar-refractivity contribution in [3.63, 3.8) is 0 Å². The fourth-order valence-electron chi connectivity index (χ4n) is 2.08. The Kier molecular flexibility index (Phi) is 5.00. The molecule has 0 aliphatic carbocycles. The third-order valence-electron chi connectivity index (χ3n) is 3.29. The summed E-state index contributed by atoms with van der Waals surface area (Å²) >= 11 is 7.21. The number of nitrogens with zero attached hydrogens (tertiary/aromatic N) is 2. The van der Waals surface area contributed by atoms with Gasteiger partial charge in [-0.25, -0.2) is 4.98 Å². The fraction of sp³-hybridized carbons (Fsp3) is 0.118. The second-order valence-electron chi connectivity index (χ2n) is 4.91. The zero-order valence-corrected chi connectivity index (χ0v) is 13.8. The van der Waals surface area contributed by atoms with Gasteiger partial charge in [-0.1, -0.05) is 23.7 Å². The zero-order valence-electron chi connectivity index (χ0n) is 12.2. The van der Waals surface area contributed by atoms with Crippen LogP contribution in [0.5, 0.6) is 0 Å². The Balaban J connectivity index is 1.59. The minimum Gasteiger partial charge on any atom is -0.350 e. The summed E-state index contributed by atoms with van der Waals surface area (Å²) in [6, 6.07) is 11.3. The second-order valence-corrected chi connectivity index (χ2v) is 6.20. The zero-order chi connectivity index (χ0) is 16.1. The lowest BCUT2D eigenvalue weighted by Crippen LogP contribution is -2.25. The molecule has 3 aromatic rings. The summed E-state index contributed by atoms with van der Waals surface area (Å²) in [6.07, 6.45) is 4.26.